The summed E-state index contributed by atoms with van der Waals surface area (Å²) in [6, 6.07) is 84.5. The van der Waals surface area contributed by atoms with Gasteiger partial charge in [0.1, 0.15) is 33.5 Å². The predicted octanol–water partition coefficient (Wildman–Crippen LogP) is 18.7. The number of aromatic nitrogens is 4. The first-order valence-electron chi connectivity index (χ1n) is 25.5. The van der Waals surface area contributed by atoms with Gasteiger partial charge in [0.15, 0.2) is 17.5 Å². The van der Waals surface area contributed by atoms with E-state index in [1.54, 1.807) is 0 Å². The summed E-state index contributed by atoms with van der Waals surface area (Å²) >= 11 is 0. The molecule has 7 heteroatoms. The summed E-state index contributed by atoms with van der Waals surface area (Å²) in [7, 11) is 0. The number of benzene rings is 11. The van der Waals surface area contributed by atoms with E-state index in [9.17, 15) is 0 Å². The maximum Gasteiger partial charge on any atom is 0.164 e. The summed E-state index contributed by atoms with van der Waals surface area (Å²) in [5.41, 5.74) is 17.4. The van der Waals surface area contributed by atoms with Crippen molar-refractivity contribution >= 4 is 87.6 Å². The monoisotopic (exact) mass is 972 g/mol. The van der Waals surface area contributed by atoms with Crippen LogP contribution in [0.15, 0.2) is 256 Å². The minimum absolute atomic E-state index is 0.537. The summed E-state index contributed by atoms with van der Waals surface area (Å²) in [5.74, 6) is 1.64. The third-order valence-electron chi connectivity index (χ3n) is 15.1. The summed E-state index contributed by atoms with van der Waals surface area (Å²) in [4.78, 5) is 15.7. The van der Waals surface area contributed by atoms with Crippen LogP contribution in [0.2, 0.25) is 0 Å². The molecule has 0 saturated carbocycles. The van der Waals surface area contributed by atoms with Crippen molar-refractivity contribution in [3.8, 4) is 73.2 Å². The molecule has 5 aromatic heterocycles. The molecule has 76 heavy (non-hydrogen) atoms. The van der Waals surface area contributed by atoms with Gasteiger partial charge in [-0.05, 0) is 118 Å². The number of furan rings is 3. The van der Waals surface area contributed by atoms with Gasteiger partial charge in [0.05, 0.1) is 11.0 Å². The van der Waals surface area contributed by atoms with Crippen molar-refractivity contribution in [1.29, 1.82) is 0 Å². The normalized spacial score (nSPS) is 11.9. The van der Waals surface area contributed by atoms with Crippen LogP contribution in [0.1, 0.15) is 0 Å². The van der Waals surface area contributed by atoms with Gasteiger partial charge < -0.3 is 17.8 Å². The minimum atomic E-state index is 0.537. The van der Waals surface area contributed by atoms with Crippen LogP contribution in [0.4, 0.5) is 0 Å². The third kappa shape index (κ3) is 6.66. The Bertz CT molecular complexity index is 4990. The van der Waals surface area contributed by atoms with Gasteiger partial charge in [0.25, 0.3) is 0 Å². The fourth-order valence-corrected chi connectivity index (χ4v) is 11.5. The van der Waals surface area contributed by atoms with E-state index in [-0.39, 0.29) is 0 Å². The number of para-hydroxylation sites is 3. The van der Waals surface area contributed by atoms with Gasteiger partial charge in [-0.2, -0.15) is 0 Å². The molecule has 0 radical (unpaired) electrons. The van der Waals surface area contributed by atoms with E-state index in [2.05, 4.69) is 205 Å². The molecule has 0 spiro atoms. The molecule has 0 N–H and O–H groups in total. The summed E-state index contributed by atoms with van der Waals surface area (Å²) in [5, 5.41) is 8.53. The van der Waals surface area contributed by atoms with E-state index in [4.69, 9.17) is 28.2 Å². The molecule has 7 nitrogen and oxygen atoms in total. The van der Waals surface area contributed by atoms with Gasteiger partial charge in [-0.25, -0.2) is 15.0 Å². The van der Waals surface area contributed by atoms with Gasteiger partial charge in [-0.1, -0.05) is 158 Å². The zero-order valence-electron chi connectivity index (χ0n) is 40.6. The number of rotatable bonds is 7. The highest BCUT2D eigenvalue weighted by atomic mass is 16.3. The smallest absolute Gasteiger partial charge is 0.164 e. The Kier molecular flexibility index (Phi) is 9.20. The van der Waals surface area contributed by atoms with Crippen LogP contribution < -0.4 is 0 Å². The second-order valence-electron chi connectivity index (χ2n) is 19.5. The van der Waals surface area contributed by atoms with Crippen LogP contribution in [0.5, 0.6) is 0 Å². The van der Waals surface area contributed by atoms with Crippen LogP contribution in [0.3, 0.4) is 0 Å². The Balaban J connectivity index is 0.818. The van der Waals surface area contributed by atoms with Crippen molar-refractivity contribution < 1.29 is 13.3 Å². The molecule has 354 valence electrons. The van der Waals surface area contributed by atoms with E-state index >= 15 is 0 Å². The Morgan fingerprint density at radius 3 is 1.59 bits per heavy atom. The lowest BCUT2D eigenvalue weighted by molar-refractivity contribution is 0.668. The van der Waals surface area contributed by atoms with E-state index in [0.29, 0.717) is 17.5 Å². The van der Waals surface area contributed by atoms with Crippen molar-refractivity contribution in [2.75, 3.05) is 0 Å². The van der Waals surface area contributed by atoms with Crippen LogP contribution in [-0.2, 0) is 0 Å². The molecule has 0 fully saturated rings. The van der Waals surface area contributed by atoms with Crippen molar-refractivity contribution in [2.45, 2.75) is 0 Å². The lowest BCUT2D eigenvalue weighted by Crippen LogP contribution is -2.00. The fraction of sp³-hybridized carbons (Fsp3) is 0. The highest BCUT2D eigenvalue weighted by molar-refractivity contribution is 6.17. The number of hydrogen-bond acceptors (Lipinski definition) is 6. The average molecular weight is 973 g/mol. The zero-order chi connectivity index (χ0) is 49.8. The summed E-state index contributed by atoms with van der Waals surface area (Å²) < 4.78 is 22.1. The standard InChI is InChI=1S/C69H40N4O3/c1-3-13-41(14-4-1)42-25-27-43(28-26-42)67-70-68(47-30-33-52-51-18-8-10-22-59(51)75-63(52)40-47)72-69(71-67)54-20-12-24-62-66(54)56-38-46(32-36-60(56)74-62)49-19-11-23-61-65(49)53-34-29-45(39-64(53)76-61)44-31-35-58-55(37-44)50-17-7-9-21-57(50)73(58)48-15-5-2-6-16-48/h1-40H. The minimum Gasteiger partial charge on any atom is -0.456 e. The maximum atomic E-state index is 6.73. The second kappa shape index (κ2) is 16.6. The highest BCUT2D eigenvalue weighted by Gasteiger charge is 2.22. The quantitative estimate of drug-likeness (QED) is 0.158. The Morgan fingerprint density at radius 1 is 0.250 bits per heavy atom. The second-order valence-corrected chi connectivity index (χ2v) is 19.5. The van der Waals surface area contributed by atoms with Crippen molar-refractivity contribution in [2.24, 2.45) is 0 Å². The molecule has 5 heterocycles. The van der Waals surface area contributed by atoms with Crippen molar-refractivity contribution in [1.82, 2.24) is 19.5 Å². The molecular formula is C69H40N4O3. The van der Waals surface area contributed by atoms with Crippen LogP contribution >= 0.6 is 0 Å². The first-order chi connectivity index (χ1) is 37.6. The van der Waals surface area contributed by atoms with Crippen LogP contribution in [-0.4, -0.2) is 19.5 Å². The van der Waals surface area contributed by atoms with Gasteiger partial charge >= 0.3 is 0 Å². The first-order valence-corrected chi connectivity index (χ1v) is 25.5. The molecule has 0 aliphatic rings. The average Bonchev–Trinajstić information content (AvgIpc) is 4.26. The molecule has 16 aromatic rings. The van der Waals surface area contributed by atoms with E-state index in [1.807, 2.05) is 42.5 Å². The molecule has 11 aromatic carbocycles. The first kappa shape index (κ1) is 42.2. The highest BCUT2D eigenvalue weighted by Crippen LogP contribution is 2.43. The molecule has 16 rings (SSSR count). The molecule has 0 saturated heterocycles. The van der Waals surface area contributed by atoms with E-state index in [0.717, 1.165) is 122 Å². The molecule has 0 unspecified atom stereocenters. The topological polar surface area (TPSA) is 83.0 Å². The number of hydrogen-bond donors (Lipinski definition) is 0. The lowest BCUT2D eigenvalue weighted by Gasteiger charge is -2.10. The van der Waals surface area contributed by atoms with E-state index < -0.39 is 0 Å². The van der Waals surface area contributed by atoms with Crippen molar-refractivity contribution in [3.05, 3.63) is 243 Å². The largest absolute Gasteiger partial charge is 0.456 e. The third-order valence-corrected chi connectivity index (χ3v) is 15.1. The zero-order valence-corrected chi connectivity index (χ0v) is 40.6. The molecule has 0 atom stereocenters. The van der Waals surface area contributed by atoms with Crippen LogP contribution in [0, 0.1) is 0 Å². The molecule has 0 amide bonds. The maximum absolute atomic E-state index is 6.73. The molecule has 0 aliphatic carbocycles. The molecule has 0 bridgehead atoms. The Hall–Kier alpha value is -10.4. The number of fused-ring (bicyclic) bond motifs is 12. The summed E-state index contributed by atoms with van der Waals surface area (Å²) in [6.07, 6.45) is 0. The Labute approximate surface area is 434 Å². The molecule has 0 aliphatic heterocycles. The Morgan fingerprint density at radius 2 is 0.750 bits per heavy atom. The lowest BCUT2D eigenvalue weighted by atomic mass is 9.96. The van der Waals surface area contributed by atoms with Gasteiger partial charge in [-0.15, -0.1) is 0 Å². The van der Waals surface area contributed by atoms with Crippen molar-refractivity contribution in [3.63, 3.8) is 0 Å². The number of nitrogens with zero attached hydrogens (tertiary/aromatic N) is 4. The van der Waals surface area contributed by atoms with Gasteiger partial charge in [-0.3, -0.25) is 0 Å². The van der Waals surface area contributed by atoms with Crippen LogP contribution in [0.25, 0.3) is 161 Å². The van der Waals surface area contributed by atoms with E-state index in [1.165, 1.54) is 21.8 Å². The summed E-state index contributed by atoms with van der Waals surface area (Å²) in [6.45, 7) is 0. The SMILES string of the molecule is c1ccc(-c2ccc(-c3nc(-c4ccc5c(c4)oc4ccccc45)nc(-c4cccc5oc6ccc(-c7cccc8oc9cc(-c%10ccc%11c(c%10)c%10ccccc%10n%11-c%10ccccc%10)ccc9c78)cc6c45)n3)cc2)cc1. The van der Waals surface area contributed by atoms with Gasteiger partial charge in [0.2, 0.25) is 0 Å². The molecular weight excluding hydrogens is 933 g/mol. The predicted molar refractivity (Wildman–Crippen MR) is 309 cm³/mol. The fourth-order valence-electron chi connectivity index (χ4n) is 11.5. The van der Waals surface area contributed by atoms with Gasteiger partial charge in [0, 0.05) is 65.5 Å².